The highest BCUT2D eigenvalue weighted by atomic mass is 19.1. The first-order valence-electron chi connectivity index (χ1n) is 9.34. The van der Waals surface area contributed by atoms with Crippen molar-refractivity contribution in [2.75, 3.05) is 13.1 Å². The molecule has 1 fully saturated rings. The highest BCUT2D eigenvalue weighted by molar-refractivity contribution is 5.94. The van der Waals surface area contributed by atoms with Gasteiger partial charge in [-0.1, -0.05) is 17.3 Å². The van der Waals surface area contributed by atoms with Crippen LogP contribution in [-0.4, -0.2) is 39.0 Å². The Morgan fingerprint density at radius 2 is 2.11 bits per heavy atom. The summed E-state index contributed by atoms with van der Waals surface area (Å²) in [6.07, 6.45) is 3.45. The van der Waals surface area contributed by atoms with Crippen molar-refractivity contribution in [2.45, 2.75) is 32.6 Å². The van der Waals surface area contributed by atoms with E-state index in [-0.39, 0.29) is 17.4 Å². The molecule has 1 aliphatic heterocycles. The molecule has 0 radical (unpaired) electrons. The molecule has 1 saturated heterocycles. The first kappa shape index (κ1) is 18.3. The van der Waals surface area contributed by atoms with Gasteiger partial charge in [0, 0.05) is 31.3 Å². The average molecular weight is 380 g/mol. The largest absolute Gasteiger partial charge is 0.356 e. The maximum atomic E-state index is 14.1. The topological polar surface area (TPSA) is 72.1 Å². The maximum absolute atomic E-state index is 14.1. The summed E-state index contributed by atoms with van der Waals surface area (Å²) in [6.45, 7) is 4.77. The smallest absolute Gasteiger partial charge is 0.256 e. The third-order valence-electron chi connectivity index (χ3n) is 5.03. The molecule has 1 amide bonds. The molecule has 1 aromatic carbocycles. The molecular formula is C21H21FN4O2. The van der Waals surface area contributed by atoms with Crippen molar-refractivity contribution in [2.24, 2.45) is 0 Å². The van der Waals surface area contributed by atoms with Gasteiger partial charge in [-0.05, 0) is 38.8 Å². The van der Waals surface area contributed by atoms with Gasteiger partial charge in [-0.3, -0.25) is 4.79 Å². The van der Waals surface area contributed by atoms with Gasteiger partial charge < -0.3 is 9.42 Å². The van der Waals surface area contributed by atoms with Crippen molar-refractivity contribution in [3.63, 3.8) is 0 Å². The van der Waals surface area contributed by atoms with E-state index in [0.717, 1.165) is 29.8 Å². The summed E-state index contributed by atoms with van der Waals surface area (Å²) in [4.78, 5) is 23.5. The molecular weight excluding hydrogens is 359 g/mol. The van der Waals surface area contributed by atoms with Crippen LogP contribution in [-0.2, 0) is 0 Å². The highest BCUT2D eigenvalue weighted by Crippen LogP contribution is 2.33. The lowest BCUT2D eigenvalue weighted by molar-refractivity contribution is 0.0701. The highest BCUT2D eigenvalue weighted by Gasteiger charge is 2.30. The fourth-order valence-corrected chi connectivity index (χ4v) is 3.67. The number of carbonyl (C=O) groups excluding carboxylic acids is 1. The molecule has 0 saturated carbocycles. The SMILES string of the molecule is Cc1cc(-c2cnc(C)nc2C2CCCN(C(=O)c3ccccc3F)C2)on1. The molecule has 1 unspecified atom stereocenters. The summed E-state index contributed by atoms with van der Waals surface area (Å²) >= 11 is 0. The summed E-state index contributed by atoms with van der Waals surface area (Å²) in [5.74, 6) is 0.514. The molecule has 4 rings (SSSR count). The number of carbonyl (C=O) groups is 1. The minimum atomic E-state index is -0.495. The van der Waals surface area contributed by atoms with Gasteiger partial charge in [-0.2, -0.15) is 0 Å². The summed E-state index contributed by atoms with van der Waals surface area (Å²) < 4.78 is 19.5. The average Bonchev–Trinajstić information content (AvgIpc) is 3.14. The van der Waals surface area contributed by atoms with Crippen molar-refractivity contribution in [3.05, 3.63) is 65.1 Å². The molecule has 7 heteroatoms. The van der Waals surface area contributed by atoms with Crippen molar-refractivity contribution >= 4 is 5.91 Å². The number of nitrogens with zero attached hydrogens (tertiary/aromatic N) is 4. The zero-order valence-corrected chi connectivity index (χ0v) is 15.9. The van der Waals surface area contributed by atoms with Gasteiger partial charge in [0.2, 0.25) is 0 Å². The van der Waals surface area contributed by atoms with E-state index in [9.17, 15) is 9.18 Å². The molecule has 3 heterocycles. The fraction of sp³-hybridized carbons (Fsp3) is 0.333. The molecule has 2 aromatic heterocycles. The van der Waals surface area contributed by atoms with Gasteiger partial charge in [0.1, 0.15) is 11.6 Å². The van der Waals surface area contributed by atoms with Gasteiger partial charge in [-0.25, -0.2) is 14.4 Å². The molecule has 6 nitrogen and oxygen atoms in total. The lowest BCUT2D eigenvalue weighted by Crippen LogP contribution is -2.39. The Bertz CT molecular complexity index is 1020. The van der Waals surface area contributed by atoms with E-state index in [4.69, 9.17) is 4.52 Å². The number of halogens is 1. The van der Waals surface area contributed by atoms with E-state index in [1.807, 2.05) is 19.9 Å². The van der Waals surface area contributed by atoms with Crippen LogP contribution in [0.3, 0.4) is 0 Å². The van der Waals surface area contributed by atoms with Crippen LogP contribution in [0.4, 0.5) is 4.39 Å². The summed E-state index contributed by atoms with van der Waals surface area (Å²) in [7, 11) is 0. The minimum Gasteiger partial charge on any atom is -0.356 e. The van der Waals surface area contributed by atoms with Gasteiger partial charge >= 0.3 is 0 Å². The Kier molecular flexibility index (Phi) is 4.90. The molecule has 28 heavy (non-hydrogen) atoms. The van der Waals surface area contributed by atoms with Crippen LogP contribution in [0, 0.1) is 19.7 Å². The second kappa shape index (κ2) is 7.50. The normalized spacial score (nSPS) is 17.0. The Labute approximate surface area is 162 Å². The quantitative estimate of drug-likeness (QED) is 0.689. The third-order valence-corrected chi connectivity index (χ3v) is 5.03. The molecule has 144 valence electrons. The van der Waals surface area contributed by atoms with Crippen LogP contribution >= 0.6 is 0 Å². The van der Waals surface area contributed by atoms with Gasteiger partial charge in [0.25, 0.3) is 5.91 Å². The van der Waals surface area contributed by atoms with Crippen molar-refractivity contribution < 1.29 is 13.7 Å². The van der Waals surface area contributed by atoms with Gasteiger partial charge in [-0.15, -0.1) is 0 Å². The maximum Gasteiger partial charge on any atom is 0.256 e. The predicted molar refractivity (Wildman–Crippen MR) is 101 cm³/mol. The first-order chi connectivity index (χ1) is 13.5. The number of likely N-dealkylation sites (tertiary alicyclic amines) is 1. The molecule has 0 spiro atoms. The molecule has 0 aliphatic carbocycles. The van der Waals surface area contributed by atoms with E-state index >= 15 is 0 Å². The zero-order chi connectivity index (χ0) is 19.7. The van der Waals surface area contributed by atoms with E-state index < -0.39 is 5.82 Å². The lowest BCUT2D eigenvalue weighted by atomic mass is 9.91. The molecule has 1 atom stereocenters. The van der Waals surface area contributed by atoms with E-state index in [2.05, 4.69) is 15.1 Å². The van der Waals surface area contributed by atoms with Crippen LogP contribution in [0.1, 0.15) is 46.3 Å². The number of amides is 1. The van der Waals surface area contributed by atoms with Crippen LogP contribution in [0.15, 0.2) is 41.1 Å². The number of aryl methyl sites for hydroxylation is 2. The lowest BCUT2D eigenvalue weighted by Gasteiger charge is -2.33. The van der Waals surface area contributed by atoms with Crippen LogP contribution in [0.25, 0.3) is 11.3 Å². The Morgan fingerprint density at radius 1 is 1.29 bits per heavy atom. The van der Waals surface area contributed by atoms with Crippen LogP contribution in [0.5, 0.6) is 0 Å². The number of piperidine rings is 1. The Balaban J connectivity index is 1.64. The van der Waals surface area contributed by atoms with Gasteiger partial charge in [0.15, 0.2) is 5.76 Å². The number of rotatable bonds is 3. The number of benzene rings is 1. The number of hydrogen-bond donors (Lipinski definition) is 0. The van der Waals surface area contributed by atoms with Crippen LogP contribution in [0.2, 0.25) is 0 Å². The molecule has 3 aromatic rings. The minimum absolute atomic E-state index is 0.0200. The van der Waals surface area contributed by atoms with Crippen molar-refractivity contribution in [1.29, 1.82) is 0 Å². The fourth-order valence-electron chi connectivity index (χ4n) is 3.67. The third kappa shape index (κ3) is 3.52. The predicted octanol–water partition coefficient (Wildman–Crippen LogP) is 3.91. The second-order valence-electron chi connectivity index (χ2n) is 7.12. The van der Waals surface area contributed by atoms with E-state index in [1.54, 1.807) is 23.2 Å². The summed E-state index contributed by atoms with van der Waals surface area (Å²) in [6, 6.07) is 7.95. The summed E-state index contributed by atoms with van der Waals surface area (Å²) in [5, 5.41) is 3.96. The monoisotopic (exact) mass is 380 g/mol. The number of aromatic nitrogens is 3. The van der Waals surface area contributed by atoms with Crippen molar-refractivity contribution in [3.8, 4) is 11.3 Å². The molecule has 0 N–H and O–H groups in total. The second-order valence-corrected chi connectivity index (χ2v) is 7.12. The molecule has 0 bridgehead atoms. The Morgan fingerprint density at radius 3 is 2.86 bits per heavy atom. The zero-order valence-electron chi connectivity index (χ0n) is 15.9. The summed E-state index contributed by atoms with van der Waals surface area (Å²) in [5.41, 5.74) is 2.51. The standard InChI is InChI=1S/C21H21FN4O2/c1-13-10-19(28-25-13)17-11-23-14(2)24-20(17)15-6-5-9-26(12-15)21(27)16-7-3-4-8-18(16)22/h3-4,7-8,10-11,15H,5-6,9,12H2,1-2H3. The van der Waals surface area contributed by atoms with Crippen LogP contribution < -0.4 is 0 Å². The first-order valence-corrected chi connectivity index (χ1v) is 9.34. The van der Waals surface area contributed by atoms with Gasteiger partial charge in [0.05, 0.1) is 22.5 Å². The Hall–Kier alpha value is -3.09. The van der Waals surface area contributed by atoms with Crippen molar-refractivity contribution in [1.82, 2.24) is 20.0 Å². The number of hydrogen-bond acceptors (Lipinski definition) is 5. The van der Waals surface area contributed by atoms with E-state index in [1.165, 1.54) is 12.1 Å². The van der Waals surface area contributed by atoms with E-state index in [0.29, 0.717) is 24.7 Å². The molecule has 1 aliphatic rings.